The number of carbonyl (C=O) groups is 1. The van der Waals surface area contributed by atoms with E-state index in [1.54, 1.807) is 0 Å². The molecule has 0 spiro atoms. The summed E-state index contributed by atoms with van der Waals surface area (Å²) in [6.45, 7) is 1.49. The molecule has 25 heavy (non-hydrogen) atoms. The number of hydrogen-bond donors (Lipinski definition) is 2. The number of nitrogens with zero attached hydrogens (tertiary/aromatic N) is 2. The maximum atomic E-state index is 12.9. The van der Waals surface area contributed by atoms with Gasteiger partial charge < -0.3 is 11.5 Å². The van der Waals surface area contributed by atoms with Crippen LogP contribution in [0.2, 0.25) is 0 Å². The van der Waals surface area contributed by atoms with E-state index in [1.807, 2.05) is 0 Å². The highest BCUT2D eigenvalue weighted by Crippen LogP contribution is 2.35. The van der Waals surface area contributed by atoms with Gasteiger partial charge in [0.25, 0.3) is 11.6 Å². The molecule has 0 unspecified atom stereocenters. The Hall–Kier alpha value is -2.49. The van der Waals surface area contributed by atoms with Crippen LogP contribution < -0.4 is 11.5 Å². The first-order valence-electron chi connectivity index (χ1n) is 7.81. The molecule has 0 aromatic heterocycles. The molecule has 1 fully saturated rings. The van der Waals surface area contributed by atoms with E-state index in [-0.39, 0.29) is 16.0 Å². The number of guanidine groups is 1. The second-order valence-corrected chi connectivity index (χ2v) is 8.24. The monoisotopic (exact) mass is 368 g/mol. The third-order valence-electron chi connectivity index (χ3n) is 4.26. The van der Waals surface area contributed by atoms with Crippen LogP contribution in [0.3, 0.4) is 0 Å². The number of aliphatic imine (C=N–C) groups is 1. The molecular formula is C15H20N4O5S. The third kappa shape index (κ3) is 3.95. The number of amides is 1. The zero-order valence-electron chi connectivity index (χ0n) is 13.8. The summed E-state index contributed by atoms with van der Waals surface area (Å²) >= 11 is 0. The smallest absolute Gasteiger partial charge is 0.288 e. The van der Waals surface area contributed by atoms with Crippen molar-refractivity contribution < 1.29 is 18.1 Å². The second kappa shape index (κ2) is 7.18. The summed E-state index contributed by atoms with van der Waals surface area (Å²) in [6, 6.07) is 2.09. The Morgan fingerprint density at radius 3 is 2.36 bits per heavy atom. The van der Waals surface area contributed by atoms with Gasteiger partial charge in [-0.05, 0) is 31.4 Å². The molecule has 0 atom stereocenters. The van der Waals surface area contributed by atoms with Crippen molar-refractivity contribution in [2.75, 3.05) is 0 Å². The normalized spacial score (nSPS) is 15.6. The average Bonchev–Trinajstić information content (AvgIpc) is 2.54. The molecular weight excluding hydrogens is 348 g/mol. The molecule has 1 saturated carbocycles. The second-order valence-electron chi connectivity index (χ2n) is 6.04. The fourth-order valence-electron chi connectivity index (χ4n) is 3.00. The van der Waals surface area contributed by atoms with Crippen molar-refractivity contribution in [3.8, 4) is 0 Å². The summed E-state index contributed by atoms with van der Waals surface area (Å²) in [5, 5.41) is 10.8. The van der Waals surface area contributed by atoms with E-state index in [9.17, 15) is 23.3 Å². The molecule has 0 bridgehead atoms. The third-order valence-corrected chi connectivity index (χ3v) is 6.55. The zero-order valence-corrected chi connectivity index (χ0v) is 14.6. The number of aryl methyl sites for hydroxylation is 1. The summed E-state index contributed by atoms with van der Waals surface area (Å²) in [5.41, 5.74) is 9.82. The maximum absolute atomic E-state index is 12.9. The summed E-state index contributed by atoms with van der Waals surface area (Å²) in [6.07, 6.45) is 3.47. The molecule has 1 aromatic carbocycles. The van der Waals surface area contributed by atoms with E-state index in [0.717, 1.165) is 31.4 Å². The molecule has 4 N–H and O–H groups in total. The van der Waals surface area contributed by atoms with Crippen LogP contribution in [0.25, 0.3) is 0 Å². The molecule has 1 aromatic rings. The van der Waals surface area contributed by atoms with Gasteiger partial charge in [-0.15, -0.1) is 0 Å². The number of benzene rings is 1. The molecule has 2 rings (SSSR count). The standard InChI is InChI=1S/C15H20N4O5S/c1-9-7-13(25(23,24)10-5-3-2-4-6-10)12(19(21)22)8-11(9)14(20)18-15(16)17/h7-8,10H,2-6H2,1H3,(H4,16,17,18,20). The number of nitrogens with two attached hydrogens (primary N) is 2. The van der Waals surface area contributed by atoms with Crippen LogP contribution in [0, 0.1) is 17.0 Å². The summed E-state index contributed by atoms with van der Waals surface area (Å²) < 4.78 is 25.7. The van der Waals surface area contributed by atoms with Crippen LogP contribution in [0.4, 0.5) is 5.69 Å². The maximum Gasteiger partial charge on any atom is 0.288 e. The van der Waals surface area contributed by atoms with E-state index in [0.29, 0.717) is 12.8 Å². The fraction of sp³-hybridized carbons (Fsp3) is 0.467. The van der Waals surface area contributed by atoms with Crippen molar-refractivity contribution in [3.63, 3.8) is 0 Å². The minimum Gasteiger partial charge on any atom is -0.370 e. The van der Waals surface area contributed by atoms with E-state index < -0.39 is 37.6 Å². The highest BCUT2D eigenvalue weighted by molar-refractivity contribution is 7.92. The van der Waals surface area contributed by atoms with Gasteiger partial charge in [0.1, 0.15) is 4.90 Å². The Kier molecular flexibility index (Phi) is 5.41. The predicted molar refractivity (Wildman–Crippen MR) is 92.0 cm³/mol. The van der Waals surface area contributed by atoms with Crippen LogP contribution in [-0.4, -0.2) is 30.5 Å². The lowest BCUT2D eigenvalue weighted by molar-refractivity contribution is -0.387. The summed E-state index contributed by atoms with van der Waals surface area (Å²) in [4.78, 5) is 25.6. The van der Waals surface area contributed by atoms with E-state index >= 15 is 0 Å². The van der Waals surface area contributed by atoms with Gasteiger partial charge in [-0.1, -0.05) is 19.3 Å². The summed E-state index contributed by atoms with van der Waals surface area (Å²) in [5.74, 6) is -1.34. The molecule has 1 aliphatic carbocycles. The SMILES string of the molecule is Cc1cc(S(=O)(=O)C2CCCCC2)c([N+](=O)[O-])cc1C(=O)N=C(N)N. The lowest BCUT2D eigenvalue weighted by Gasteiger charge is -2.22. The number of carbonyl (C=O) groups excluding carboxylic acids is 1. The van der Waals surface area contributed by atoms with E-state index in [4.69, 9.17) is 11.5 Å². The van der Waals surface area contributed by atoms with Crippen LogP contribution in [0.1, 0.15) is 48.0 Å². The first-order chi connectivity index (χ1) is 11.6. The minimum absolute atomic E-state index is 0.109. The summed E-state index contributed by atoms with van der Waals surface area (Å²) in [7, 11) is -3.86. The van der Waals surface area contributed by atoms with E-state index in [2.05, 4.69) is 4.99 Å². The van der Waals surface area contributed by atoms with Crippen LogP contribution in [0.5, 0.6) is 0 Å². The van der Waals surface area contributed by atoms with Gasteiger partial charge in [-0.2, -0.15) is 4.99 Å². The van der Waals surface area contributed by atoms with Gasteiger partial charge in [-0.25, -0.2) is 8.42 Å². The topological polar surface area (TPSA) is 159 Å². The van der Waals surface area contributed by atoms with Gasteiger partial charge in [0.15, 0.2) is 15.8 Å². The average molecular weight is 368 g/mol. The number of nitro groups is 1. The van der Waals surface area contributed by atoms with Crippen molar-refractivity contribution >= 4 is 27.4 Å². The highest BCUT2D eigenvalue weighted by Gasteiger charge is 2.35. The number of sulfone groups is 1. The molecule has 0 heterocycles. The van der Waals surface area contributed by atoms with Gasteiger partial charge in [0, 0.05) is 6.07 Å². The fourth-order valence-corrected chi connectivity index (χ4v) is 5.08. The molecule has 1 aliphatic rings. The van der Waals surface area contributed by atoms with Gasteiger partial charge >= 0.3 is 0 Å². The Bertz CT molecular complexity index is 838. The number of rotatable bonds is 4. The zero-order chi connectivity index (χ0) is 18.8. The van der Waals surface area contributed by atoms with Crippen LogP contribution >= 0.6 is 0 Å². The highest BCUT2D eigenvalue weighted by atomic mass is 32.2. The Labute approximate surface area is 145 Å². The van der Waals surface area contributed by atoms with Crippen molar-refractivity contribution in [2.24, 2.45) is 16.5 Å². The number of nitro benzene ring substituents is 1. The van der Waals surface area contributed by atoms with Crippen LogP contribution in [-0.2, 0) is 9.84 Å². The first-order valence-corrected chi connectivity index (χ1v) is 9.36. The van der Waals surface area contributed by atoms with Crippen LogP contribution in [0.15, 0.2) is 22.0 Å². The predicted octanol–water partition coefficient (Wildman–Crippen LogP) is 1.42. The Balaban J connectivity index is 2.59. The molecule has 10 heteroatoms. The van der Waals surface area contributed by atoms with Crippen molar-refractivity contribution in [1.29, 1.82) is 0 Å². The number of hydrogen-bond acceptors (Lipinski definition) is 5. The quantitative estimate of drug-likeness (QED) is 0.352. The lowest BCUT2D eigenvalue weighted by atomic mass is 10.0. The van der Waals surface area contributed by atoms with Gasteiger partial charge in [-0.3, -0.25) is 14.9 Å². The van der Waals surface area contributed by atoms with Gasteiger partial charge in [0.05, 0.1) is 15.7 Å². The Morgan fingerprint density at radius 2 is 1.84 bits per heavy atom. The first kappa shape index (κ1) is 18.8. The van der Waals surface area contributed by atoms with Gasteiger partial charge in [0.2, 0.25) is 0 Å². The van der Waals surface area contributed by atoms with Crippen molar-refractivity contribution in [3.05, 3.63) is 33.4 Å². The van der Waals surface area contributed by atoms with Crippen molar-refractivity contribution in [2.45, 2.75) is 49.2 Å². The molecule has 1 amide bonds. The largest absolute Gasteiger partial charge is 0.370 e. The Morgan fingerprint density at radius 1 is 1.24 bits per heavy atom. The minimum atomic E-state index is -3.86. The lowest BCUT2D eigenvalue weighted by Crippen LogP contribution is -2.25. The van der Waals surface area contributed by atoms with Crippen molar-refractivity contribution in [1.82, 2.24) is 0 Å². The molecule has 0 saturated heterocycles. The molecule has 9 nitrogen and oxygen atoms in total. The molecule has 0 radical (unpaired) electrons. The van der Waals surface area contributed by atoms with E-state index in [1.165, 1.54) is 6.92 Å². The molecule has 0 aliphatic heterocycles. The molecule has 136 valence electrons.